The van der Waals surface area contributed by atoms with Gasteiger partial charge in [0.2, 0.25) is 0 Å². The van der Waals surface area contributed by atoms with Gasteiger partial charge in [0.05, 0.1) is 18.1 Å². The molecule has 1 aromatic heterocycles. The van der Waals surface area contributed by atoms with Crippen molar-refractivity contribution >= 4 is 29.4 Å². The van der Waals surface area contributed by atoms with Gasteiger partial charge in [-0.15, -0.1) is 0 Å². The SMILES string of the molecule is O=C(C=Cc1cnc(N[C@@H]2CCN(Cc3ccc(Cl)cc3)C2)cn1)NO. The molecule has 0 saturated carbocycles. The molecule has 0 bridgehead atoms. The number of benzene rings is 1. The molecule has 2 aromatic rings. The van der Waals surface area contributed by atoms with Crippen LogP contribution >= 0.6 is 11.6 Å². The largest absolute Gasteiger partial charge is 0.365 e. The van der Waals surface area contributed by atoms with E-state index in [4.69, 9.17) is 16.8 Å². The fourth-order valence-electron chi connectivity index (χ4n) is 2.85. The van der Waals surface area contributed by atoms with Crippen LogP contribution in [0, 0.1) is 0 Å². The Morgan fingerprint density at radius 2 is 2.12 bits per heavy atom. The fraction of sp³-hybridized carbons (Fsp3) is 0.278. The zero-order chi connectivity index (χ0) is 18.4. The van der Waals surface area contributed by atoms with Crippen LogP contribution < -0.4 is 10.8 Å². The second-order valence-electron chi connectivity index (χ2n) is 6.13. The molecule has 3 rings (SSSR count). The number of hydroxylamine groups is 1. The molecule has 8 heteroatoms. The van der Waals surface area contributed by atoms with E-state index in [1.54, 1.807) is 12.4 Å². The molecule has 3 N–H and O–H groups in total. The highest BCUT2D eigenvalue weighted by molar-refractivity contribution is 6.30. The predicted molar refractivity (Wildman–Crippen MR) is 99.8 cm³/mol. The van der Waals surface area contributed by atoms with Crippen LogP contribution in [0.4, 0.5) is 5.82 Å². The van der Waals surface area contributed by atoms with E-state index < -0.39 is 5.91 Å². The molecule has 0 radical (unpaired) electrons. The quantitative estimate of drug-likeness (QED) is 0.409. The first-order valence-electron chi connectivity index (χ1n) is 8.30. The van der Waals surface area contributed by atoms with Crippen molar-refractivity contribution < 1.29 is 10.0 Å². The molecule has 136 valence electrons. The van der Waals surface area contributed by atoms with Gasteiger partial charge in [-0.05, 0) is 30.2 Å². The highest BCUT2D eigenvalue weighted by Crippen LogP contribution is 2.18. The predicted octanol–water partition coefficient (Wildman–Crippen LogP) is 2.33. The van der Waals surface area contributed by atoms with Crippen LogP contribution in [0.3, 0.4) is 0 Å². The number of amides is 1. The van der Waals surface area contributed by atoms with Crippen molar-refractivity contribution in [2.75, 3.05) is 18.4 Å². The number of rotatable bonds is 6. The van der Waals surface area contributed by atoms with Crippen molar-refractivity contribution in [2.45, 2.75) is 19.0 Å². The van der Waals surface area contributed by atoms with Crippen LogP contribution in [0.15, 0.2) is 42.7 Å². The first kappa shape index (κ1) is 18.3. The lowest BCUT2D eigenvalue weighted by Crippen LogP contribution is -2.26. The van der Waals surface area contributed by atoms with Gasteiger partial charge >= 0.3 is 0 Å². The Bertz CT molecular complexity index is 764. The smallest absolute Gasteiger partial charge is 0.267 e. The minimum Gasteiger partial charge on any atom is -0.365 e. The van der Waals surface area contributed by atoms with Crippen molar-refractivity contribution in [1.29, 1.82) is 0 Å². The minimum absolute atomic E-state index is 0.318. The Balaban J connectivity index is 1.49. The molecule has 1 amide bonds. The first-order chi connectivity index (χ1) is 12.6. The number of carbonyl (C=O) groups excluding carboxylic acids is 1. The molecule has 0 spiro atoms. The molecule has 1 aliphatic rings. The number of halogens is 1. The van der Waals surface area contributed by atoms with E-state index in [1.165, 1.54) is 23.2 Å². The molecule has 7 nitrogen and oxygen atoms in total. The van der Waals surface area contributed by atoms with Crippen LogP contribution in [-0.4, -0.2) is 45.1 Å². The number of hydrogen-bond donors (Lipinski definition) is 3. The highest BCUT2D eigenvalue weighted by atomic mass is 35.5. The summed E-state index contributed by atoms with van der Waals surface area (Å²) in [6, 6.07) is 8.25. The Morgan fingerprint density at radius 1 is 1.31 bits per heavy atom. The van der Waals surface area contributed by atoms with E-state index in [0.717, 1.165) is 31.1 Å². The Morgan fingerprint density at radius 3 is 2.81 bits per heavy atom. The molecule has 26 heavy (non-hydrogen) atoms. The molecule has 1 aliphatic heterocycles. The molecule has 1 aromatic carbocycles. The second kappa shape index (κ2) is 8.75. The number of carbonyl (C=O) groups is 1. The van der Waals surface area contributed by atoms with Crippen molar-refractivity contribution in [1.82, 2.24) is 20.3 Å². The molecule has 1 saturated heterocycles. The highest BCUT2D eigenvalue weighted by Gasteiger charge is 2.22. The number of anilines is 1. The van der Waals surface area contributed by atoms with Gasteiger partial charge < -0.3 is 5.32 Å². The van der Waals surface area contributed by atoms with Gasteiger partial charge in [-0.1, -0.05) is 23.7 Å². The van der Waals surface area contributed by atoms with E-state index in [0.29, 0.717) is 17.6 Å². The summed E-state index contributed by atoms with van der Waals surface area (Å²) in [4.78, 5) is 21.9. The maximum Gasteiger partial charge on any atom is 0.267 e. The molecule has 2 heterocycles. The third kappa shape index (κ3) is 5.26. The zero-order valence-electron chi connectivity index (χ0n) is 14.1. The van der Waals surface area contributed by atoms with Crippen LogP contribution in [-0.2, 0) is 11.3 Å². The Kier molecular flexibility index (Phi) is 6.17. The summed E-state index contributed by atoms with van der Waals surface area (Å²) in [5.41, 5.74) is 3.31. The summed E-state index contributed by atoms with van der Waals surface area (Å²) >= 11 is 5.92. The Labute approximate surface area is 156 Å². The average Bonchev–Trinajstić information content (AvgIpc) is 3.09. The van der Waals surface area contributed by atoms with Crippen LogP contribution in [0.1, 0.15) is 17.7 Å². The van der Waals surface area contributed by atoms with Crippen LogP contribution in [0.5, 0.6) is 0 Å². The van der Waals surface area contributed by atoms with Gasteiger partial charge in [0.25, 0.3) is 5.91 Å². The minimum atomic E-state index is -0.610. The second-order valence-corrected chi connectivity index (χ2v) is 6.56. The van der Waals surface area contributed by atoms with E-state index in [1.807, 2.05) is 12.1 Å². The zero-order valence-corrected chi connectivity index (χ0v) is 14.9. The van der Waals surface area contributed by atoms with Crippen LogP contribution in [0.25, 0.3) is 6.08 Å². The summed E-state index contributed by atoms with van der Waals surface area (Å²) in [5.74, 6) is 0.0906. The summed E-state index contributed by atoms with van der Waals surface area (Å²) in [6.07, 6.45) is 6.91. The van der Waals surface area contributed by atoms with Gasteiger partial charge in [0, 0.05) is 36.8 Å². The third-order valence-corrected chi connectivity index (χ3v) is 4.38. The number of nitrogens with zero attached hydrogens (tertiary/aromatic N) is 3. The van der Waals surface area contributed by atoms with Gasteiger partial charge in [-0.3, -0.25) is 19.9 Å². The molecule has 0 aliphatic carbocycles. The first-order valence-corrected chi connectivity index (χ1v) is 8.68. The van der Waals surface area contributed by atoms with Gasteiger partial charge in [0.1, 0.15) is 5.82 Å². The third-order valence-electron chi connectivity index (χ3n) is 4.13. The van der Waals surface area contributed by atoms with Crippen molar-refractivity contribution in [2.24, 2.45) is 0 Å². The molecular formula is C18H20ClN5O2. The normalized spacial score (nSPS) is 17.5. The monoisotopic (exact) mass is 373 g/mol. The topological polar surface area (TPSA) is 90.4 Å². The molecule has 0 unspecified atom stereocenters. The van der Waals surface area contributed by atoms with Gasteiger partial charge in [-0.2, -0.15) is 0 Å². The van der Waals surface area contributed by atoms with E-state index in [2.05, 4.69) is 32.3 Å². The fourth-order valence-corrected chi connectivity index (χ4v) is 2.97. The van der Waals surface area contributed by atoms with Crippen molar-refractivity contribution in [3.05, 3.63) is 59.0 Å². The lowest BCUT2D eigenvalue weighted by molar-refractivity contribution is -0.124. The van der Waals surface area contributed by atoms with E-state index >= 15 is 0 Å². The van der Waals surface area contributed by atoms with E-state index in [-0.39, 0.29) is 0 Å². The molecule has 1 fully saturated rings. The van der Waals surface area contributed by atoms with E-state index in [9.17, 15) is 4.79 Å². The standard InChI is InChI=1S/C18H20ClN5O2/c19-14-3-1-13(2-4-14)11-24-8-7-16(12-24)22-17-10-20-15(9-21-17)5-6-18(25)23-26/h1-6,9-10,16,26H,7-8,11-12H2,(H,21,22)(H,23,25)/t16-/m1/s1. The van der Waals surface area contributed by atoms with Gasteiger partial charge in [0.15, 0.2) is 0 Å². The maximum absolute atomic E-state index is 10.9. The summed E-state index contributed by atoms with van der Waals surface area (Å²) in [5, 5.41) is 12.6. The molecule has 1 atom stereocenters. The summed E-state index contributed by atoms with van der Waals surface area (Å²) in [6.45, 7) is 2.85. The average molecular weight is 374 g/mol. The van der Waals surface area contributed by atoms with Crippen molar-refractivity contribution in [3.63, 3.8) is 0 Å². The van der Waals surface area contributed by atoms with Gasteiger partial charge in [-0.25, -0.2) is 10.5 Å². The van der Waals surface area contributed by atoms with Crippen LogP contribution in [0.2, 0.25) is 5.02 Å². The maximum atomic E-state index is 10.9. The number of likely N-dealkylation sites (tertiary alicyclic amines) is 1. The number of hydrogen-bond acceptors (Lipinski definition) is 6. The number of aromatic nitrogens is 2. The van der Waals surface area contributed by atoms with Crippen molar-refractivity contribution in [3.8, 4) is 0 Å². The number of nitrogens with one attached hydrogen (secondary N) is 2. The lowest BCUT2D eigenvalue weighted by Gasteiger charge is -2.17. The summed E-state index contributed by atoms with van der Waals surface area (Å²) < 4.78 is 0. The Hall–Kier alpha value is -2.48. The summed E-state index contributed by atoms with van der Waals surface area (Å²) in [7, 11) is 0. The lowest BCUT2D eigenvalue weighted by atomic mass is 10.2. The molecular weight excluding hydrogens is 354 g/mol.